The number of quaternary nitrogens is 1. The number of hydrogen-bond acceptors (Lipinski definition) is 3. The number of rotatable bonds is 6. The van der Waals surface area contributed by atoms with Crippen LogP contribution in [0.4, 0.5) is 0 Å². The summed E-state index contributed by atoms with van der Waals surface area (Å²) >= 11 is 2.33. The molecule has 5 rings (SSSR count). The summed E-state index contributed by atoms with van der Waals surface area (Å²) in [5.41, 5.74) is 2.40. The Kier molecular flexibility index (Phi) is 5.84. The highest BCUT2D eigenvalue weighted by atomic mass is 127. The van der Waals surface area contributed by atoms with Crippen molar-refractivity contribution in [2.45, 2.75) is 37.2 Å². The minimum absolute atomic E-state index is 0.203. The number of fused-ring (bicyclic) bond motifs is 3. The van der Waals surface area contributed by atoms with Crippen LogP contribution in [-0.4, -0.2) is 45.2 Å². The molecule has 0 amide bonds. The van der Waals surface area contributed by atoms with Gasteiger partial charge in [0.05, 0.1) is 24.5 Å². The van der Waals surface area contributed by atoms with Crippen LogP contribution in [0.25, 0.3) is 0 Å². The molecule has 3 fully saturated rings. The molecular formula is C22H27INO3S+. The first kappa shape index (κ1) is 20.3. The topological polar surface area (TPSA) is 43.4 Å². The molecule has 3 saturated heterocycles. The van der Waals surface area contributed by atoms with Gasteiger partial charge in [-0.3, -0.25) is 4.18 Å². The molecule has 0 aliphatic carbocycles. The van der Waals surface area contributed by atoms with Gasteiger partial charge >= 0.3 is 0 Å². The molecule has 2 aromatic rings. The summed E-state index contributed by atoms with van der Waals surface area (Å²) in [6.45, 7) is 6.09. The van der Waals surface area contributed by atoms with Gasteiger partial charge in [0, 0.05) is 28.8 Å². The lowest BCUT2D eigenvalue weighted by molar-refractivity contribution is -0.945. The summed E-state index contributed by atoms with van der Waals surface area (Å²) in [6.07, 6.45) is 2.94. The smallest absolute Gasteiger partial charge is 0.297 e. The lowest BCUT2D eigenvalue weighted by Gasteiger charge is -2.52. The zero-order valence-corrected chi connectivity index (χ0v) is 19.2. The van der Waals surface area contributed by atoms with Crippen molar-refractivity contribution >= 4 is 32.7 Å². The molecule has 0 aromatic heterocycles. The van der Waals surface area contributed by atoms with E-state index in [9.17, 15) is 8.42 Å². The Balaban J connectivity index is 1.44. The van der Waals surface area contributed by atoms with Crippen molar-refractivity contribution in [1.82, 2.24) is 0 Å². The fourth-order valence-corrected chi connectivity index (χ4v) is 6.07. The number of aryl methyl sites for hydroxylation is 1. The van der Waals surface area contributed by atoms with Crippen molar-refractivity contribution in [3.05, 3.63) is 63.2 Å². The van der Waals surface area contributed by atoms with E-state index in [1.807, 2.05) is 19.1 Å². The average Bonchev–Trinajstić information content (AvgIpc) is 2.68. The van der Waals surface area contributed by atoms with Gasteiger partial charge in [-0.1, -0.05) is 29.8 Å². The van der Waals surface area contributed by atoms with E-state index in [0.717, 1.165) is 55.5 Å². The Morgan fingerprint density at radius 3 is 2.32 bits per heavy atom. The molecule has 0 spiro atoms. The fourth-order valence-electron chi connectivity index (χ4n) is 4.59. The van der Waals surface area contributed by atoms with Gasteiger partial charge in [0.25, 0.3) is 10.1 Å². The standard InChI is InChI=1S/C22H27INO3S/c1-17-2-8-21(9-3-17)28(25,26)27-22-16-24(14-11-19(22)12-15-24)13-10-18-4-6-20(23)7-5-18/h2-9,19,22H,10-16H2,1H3/q+1. The van der Waals surface area contributed by atoms with Gasteiger partial charge in [-0.2, -0.15) is 8.42 Å². The van der Waals surface area contributed by atoms with Crippen LogP contribution in [0.3, 0.4) is 0 Å². The van der Waals surface area contributed by atoms with Gasteiger partial charge in [-0.05, 0) is 59.3 Å². The Hall–Kier alpha value is -0.960. The van der Waals surface area contributed by atoms with Crippen molar-refractivity contribution in [2.24, 2.45) is 5.92 Å². The molecule has 2 bridgehead atoms. The van der Waals surface area contributed by atoms with E-state index in [-0.39, 0.29) is 11.0 Å². The number of benzene rings is 2. The molecule has 3 aliphatic rings. The third-order valence-corrected chi connectivity index (χ3v) is 8.46. The molecule has 3 heterocycles. The summed E-state index contributed by atoms with van der Waals surface area (Å²) in [5, 5.41) is 0. The maximum absolute atomic E-state index is 12.8. The normalized spacial score (nSPS) is 27.1. The van der Waals surface area contributed by atoms with E-state index in [1.54, 1.807) is 12.1 Å². The minimum atomic E-state index is -3.71. The van der Waals surface area contributed by atoms with E-state index in [0.29, 0.717) is 5.92 Å². The Morgan fingerprint density at radius 2 is 1.68 bits per heavy atom. The van der Waals surface area contributed by atoms with E-state index in [1.165, 1.54) is 9.13 Å². The molecule has 6 heteroatoms. The van der Waals surface area contributed by atoms with Crippen LogP contribution in [0, 0.1) is 16.4 Å². The molecule has 1 unspecified atom stereocenters. The van der Waals surface area contributed by atoms with Crippen LogP contribution in [-0.2, 0) is 20.7 Å². The van der Waals surface area contributed by atoms with E-state index >= 15 is 0 Å². The molecule has 0 N–H and O–H groups in total. The molecule has 28 heavy (non-hydrogen) atoms. The van der Waals surface area contributed by atoms with Crippen molar-refractivity contribution in [2.75, 3.05) is 26.2 Å². The van der Waals surface area contributed by atoms with Gasteiger partial charge in [0.1, 0.15) is 12.6 Å². The fraction of sp³-hybridized carbons (Fsp3) is 0.455. The summed E-state index contributed by atoms with van der Waals surface area (Å²) in [5.74, 6) is 0.360. The third kappa shape index (κ3) is 4.45. The zero-order valence-electron chi connectivity index (χ0n) is 16.2. The number of piperidine rings is 3. The Bertz CT molecular complexity index is 917. The zero-order chi connectivity index (χ0) is 19.8. The number of hydrogen-bond donors (Lipinski definition) is 0. The number of halogens is 1. The molecule has 150 valence electrons. The Labute approximate surface area is 181 Å². The summed E-state index contributed by atoms with van der Waals surface area (Å²) in [6, 6.07) is 15.6. The third-order valence-electron chi connectivity index (χ3n) is 6.39. The maximum Gasteiger partial charge on any atom is 0.297 e. The van der Waals surface area contributed by atoms with Crippen LogP contribution in [0.15, 0.2) is 53.4 Å². The highest BCUT2D eigenvalue weighted by Gasteiger charge is 2.47. The lowest BCUT2D eigenvalue weighted by atomic mass is 9.83. The largest absolute Gasteiger partial charge is 0.321 e. The first-order valence-corrected chi connectivity index (χ1v) is 12.4. The monoisotopic (exact) mass is 512 g/mol. The predicted octanol–water partition coefficient (Wildman–Crippen LogP) is 4.16. The lowest BCUT2D eigenvalue weighted by Crippen LogP contribution is -2.64. The molecule has 3 aliphatic heterocycles. The molecule has 4 nitrogen and oxygen atoms in total. The summed E-state index contributed by atoms with van der Waals surface area (Å²) < 4.78 is 33.6. The van der Waals surface area contributed by atoms with E-state index in [4.69, 9.17) is 4.18 Å². The second-order valence-electron chi connectivity index (χ2n) is 8.31. The quantitative estimate of drug-likeness (QED) is 0.332. The summed E-state index contributed by atoms with van der Waals surface area (Å²) in [4.78, 5) is 0.264. The van der Waals surface area contributed by atoms with Crippen molar-refractivity contribution in [1.29, 1.82) is 0 Å². The first-order chi connectivity index (χ1) is 13.4. The van der Waals surface area contributed by atoms with Gasteiger partial charge in [0.2, 0.25) is 0 Å². The van der Waals surface area contributed by atoms with E-state index < -0.39 is 10.1 Å². The van der Waals surface area contributed by atoms with Crippen LogP contribution < -0.4 is 0 Å². The minimum Gasteiger partial charge on any atom is -0.321 e. The van der Waals surface area contributed by atoms with Crippen LogP contribution in [0.1, 0.15) is 24.0 Å². The second-order valence-corrected chi connectivity index (χ2v) is 11.1. The first-order valence-electron chi connectivity index (χ1n) is 9.95. The molecule has 0 radical (unpaired) electrons. The Morgan fingerprint density at radius 1 is 1.04 bits per heavy atom. The number of nitrogens with zero attached hydrogens (tertiary/aromatic N) is 1. The molecule has 0 saturated carbocycles. The second kappa shape index (κ2) is 8.05. The van der Waals surface area contributed by atoms with Crippen LogP contribution in [0.5, 0.6) is 0 Å². The van der Waals surface area contributed by atoms with Crippen molar-refractivity contribution < 1.29 is 17.1 Å². The molecule has 1 atom stereocenters. The SMILES string of the molecule is Cc1ccc(S(=O)(=O)OC2C[N+]3(CCc4ccc(I)cc4)CCC2CC3)cc1. The van der Waals surface area contributed by atoms with Gasteiger partial charge in [-0.15, -0.1) is 0 Å². The molecule has 2 aromatic carbocycles. The van der Waals surface area contributed by atoms with E-state index in [2.05, 4.69) is 46.9 Å². The van der Waals surface area contributed by atoms with Gasteiger partial charge in [0.15, 0.2) is 0 Å². The van der Waals surface area contributed by atoms with Crippen LogP contribution >= 0.6 is 22.6 Å². The van der Waals surface area contributed by atoms with Crippen LogP contribution in [0.2, 0.25) is 0 Å². The van der Waals surface area contributed by atoms with Gasteiger partial charge in [-0.25, -0.2) is 0 Å². The average molecular weight is 512 g/mol. The maximum atomic E-state index is 12.8. The summed E-state index contributed by atoms with van der Waals surface area (Å²) in [7, 11) is -3.71. The van der Waals surface area contributed by atoms with Crippen molar-refractivity contribution in [3.8, 4) is 0 Å². The van der Waals surface area contributed by atoms with Gasteiger partial charge < -0.3 is 4.48 Å². The van der Waals surface area contributed by atoms with Crippen molar-refractivity contribution in [3.63, 3.8) is 0 Å². The molecular weight excluding hydrogens is 485 g/mol. The highest BCUT2D eigenvalue weighted by molar-refractivity contribution is 14.1. The predicted molar refractivity (Wildman–Crippen MR) is 119 cm³/mol. The highest BCUT2D eigenvalue weighted by Crippen LogP contribution is 2.37.